The second-order valence-electron chi connectivity index (χ2n) is 4.30. The fourth-order valence-corrected chi connectivity index (χ4v) is 2.19. The van der Waals surface area contributed by atoms with Crippen LogP contribution in [-0.2, 0) is 11.2 Å². The van der Waals surface area contributed by atoms with Crippen LogP contribution >= 0.6 is 0 Å². The number of nitrogens with two attached hydrogens (primary N) is 1. The van der Waals surface area contributed by atoms with E-state index < -0.39 is 6.10 Å². The van der Waals surface area contributed by atoms with Crippen molar-refractivity contribution in [3.63, 3.8) is 0 Å². The lowest BCUT2D eigenvalue weighted by Gasteiger charge is -2.23. The van der Waals surface area contributed by atoms with Crippen LogP contribution in [0.3, 0.4) is 0 Å². The molecule has 1 aromatic rings. The highest BCUT2D eigenvalue weighted by Gasteiger charge is 2.20. The lowest BCUT2D eigenvalue weighted by atomic mass is 9.89. The highest BCUT2D eigenvalue weighted by molar-refractivity contribution is 5.73. The summed E-state index contributed by atoms with van der Waals surface area (Å²) in [5.74, 6) is 0.400. The monoisotopic (exact) mass is 235 g/mol. The average molecular weight is 235 g/mol. The van der Waals surface area contributed by atoms with Gasteiger partial charge in [-0.25, -0.2) is 0 Å². The van der Waals surface area contributed by atoms with Gasteiger partial charge in [-0.1, -0.05) is 12.1 Å². The molecule has 0 aromatic heterocycles. The summed E-state index contributed by atoms with van der Waals surface area (Å²) < 4.78 is 5.55. The van der Waals surface area contributed by atoms with Crippen LogP contribution in [0.25, 0.3) is 0 Å². The van der Waals surface area contributed by atoms with E-state index in [2.05, 4.69) is 0 Å². The number of carbonyl (C=O) groups excluding carboxylic acids is 1. The van der Waals surface area contributed by atoms with E-state index in [0.717, 1.165) is 36.1 Å². The summed E-state index contributed by atoms with van der Waals surface area (Å²) in [7, 11) is 0. The van der Waals surface area contributed by atoms with E-state index in [-0.39, 0.29) is 12.3 Å². The Morgan fingerprint density at radius 1 is 1.53 bits per heavy atom. The van der Waals surface area contributed by atoms with Crippen molar-refractivity contribution >= 4 is 5.91 Å². The van der Waals surface area contributed by atoms with E-state index >= 15 is 0 Å². The van der Waals surface area contributed by atoms with Gasteiger partial charge in [0.15, 0.2) is 0 Å². The number of hydrogen-bond acceptors (Lipinski definition) is 3. The predicted molar refractivity (Wildman–Crippen MR) is 63.6 cm³/mol. The maximum atomic E-state index is 10.6. The van der Waals surface area contributed by atoms with E-state index in [1.54, 1.807) is 0 Å². The first-order valence-corrected chi connectivity index (χ1v) is 5.89. The van der Waals surface area contributed by atoms with Crippen molar-refractivity contribution in [2.45, 2.75) is 31.8 Å². The Kier molecular flexibility index (Phi) is 3.64. The molecular formula is C13H17NO3. The molecule has 0 saturated heterocycles. The first kappa shape index (κ1) is 11.9. The van der Waals surface area contributed by atoms with Gasteiger partial charge in [-0.05, 0) is 36.5 Å². The third-order valence-electron chi connectivity index (χ3n) is 3.04. The van der Waals surface area contributed by atoms with Crippen molar-refractivity contribution in [2.24, 2.45) is 5.73 Å². The van der Waals surface area contributed by atoms with Crippen LogP contribution in [0.2, 0.25) is 0 Å². The maximum absolute atomic E-state index is 10.6. The lowest BCUT2D eigenvalue weighted by Crippen LogP contribution is -2.16. The van der Waals surface area contributed by atoms with Gasteiger partial charge >= 0.3 is 0 Å². The predicted octanol–water partition coefficient (Wildman–Crippen LogP) is 1.31. The third-order valence-corrected chi connectivity index (χ3v) is 3.04. The molecule has 3 N–H and O–H groups in total. The number of rotatable bonds is 4. The minimum atomic E-state index is -0.390. The van der Waals surface area contributed by atoms with Crippen LogP contribution < -0.4 is 10.5 Å². The molecule has 0 saturated carbocycles. The summed E-state index contributed by atoms with van der Waals surface area (Å²) in [5.41, 5.74) is 7.07. The molecule has 0 heterocycles. The number of ether oxygens (including phenoxy) is 1. The molecule has 1 aliphatic rings. The van der Waals surface area contributed by atoms with Gasteiger partial charge in [-0.2, -0.15) is 0 Å². The van der Waals surface area contributed by atoms with Gasteiger partial charge in [0, 0.05) is 0 Å². The summed E-state index contributed by atoms with van der Waals surface area (Å²) in [6.45, 7) is 0.294. The van der Waals surface area contributed by atoms with Crippen molar-refractivity contribution in [1.29, 1.82) is 0 Å². The number of carbonyl (C=O) groups is 1. The Hall–Kier alpha value is -1.55. The summed E-state index contributed by atoms with van der Waals surface area (Å²) in [6.07, 6.45) is 2.51. The second-order valence-corrected chi connectivity index (χ2v) is 4.30. The Balaban J connectivity index is 2.12. The quantitative estimate of drug-likeness (QED) is 0.826. The zero-order valence-electron chi connectivity index (χ0n) is 9.69. The third kappa shape index (κ3) is 2.77. The Morgan fingerprint density at radius 2 is 2.35 bits per heavy atom. The molecule has 0 aliphatic heterocycles. The fraction of sp³-hybridized carbons (Fsp3) is 0.462. The van der Waals surface area contributed by atoms with E-state index in [4.69, 9.17) is 10.5 Å². The van der Waals surface area contributed by atoms with Crippen molar-refractivity contribution in [3.8, 4) is 5.75 Å². The second kappa shape index (κ2) is 5.19. The number of aliphatic hydroxyl groups excluding tert-OH is 1. The van der Waals surface area contributed by atoms with Gasteiger partial charge in [-0.3, -0.25) is 4.79 Å². The molecule has 17 heavy (non-hydrogen) atoms. The van der Waals surface area contributed by atoms with E-state index in [1.165, 1.54) is 0 Å². The summed E-state index contributed by atoms with van der Waals surface area (Å²) >= 11 is 0. The Labute approximate surface area is 100 Å². The zero-order valence-corrected chi connectivity index (χ0v) is 9.69. The van der Waals surface area contributed by atoms with Crippen LogP contribution in [-0.4, -0.2) is 17.6 Å². The van der Waals surface area contributed by atoms with Crippen molar-refractivity contribution < 1.29 is 14.6 Å². The van der Waals surface area contributed by atoms with Crippen molar-refractivity contribution in [1.82, 2.24) is 0 Å². The van der Waals surface area contributed by atoms with Gasteiger partial charge < -0.3 is 15.6 Å². The molecule has 1 unspecified atom stereocenters. The zero-order chi connectivity index (χ0) is 12.3. The van der Waals surface area contributed by atoms with E-state index in [9.17, 15) is 9.90 Å². The molecule has 1 aromatic carbocycles. The molecule has 0 fully saturated rings. The van der Waals surface area contributed by atoms with Crippen LogP contribution in [0.15, 0.2) is 18.2 Å². The number of amides is 1. The van der Waals surface area contributed by atoms with E-state index in [1.807, 2.05) is 18.2 Å². The summed E-state index contributed by atoms with van der Waals surface area (Å²) in [4.78, 5) is 10.6. The number of fused-ring (bicyclic) bond motifs is 1. The first-order chi connectivity index (χ1) is 8.18. The molecule has 1 aliphatic carbocycles. The normalized spacial score (nSPS) is 18.5. The molecule has 0 radical (unpaired) electrons. The number of aliphatic hydroxyl groups is 1. The average Bonchev–Trinajstić information content (AvgIpc) is 2.30. The van der Waals surface area contributed by atoms with Gasteiger partial charge in [0.25, 0.3) is 0 Å². The highest BCUT2D eigenvalue weighted by atomic mass is 16.5. The SMILES string of the molecule is NC(=O)CCOc1cccc2c1CCCC2O. The molecule has 0 bridgehead atoms. The van der Waals surface area contributed by atoms with Gasteiger partial charge in [-0.15, -0.1) is 0 Å². The first-order valence-electron chi connectivity index (χ1n) is 5.89. The highest BCUT2D eigenvalue weighted by Crippen LogP contribution is 2.35. The molecule has 2 rings (SSSR count). The van der Waals surface area contributed by atoms with Crippen molar-refractivity contribution in [3.05, 3.63) is 29.3 Å². The smallest absolute Gasteiger partial charge is 0.220 e. The molecule has 4 heteroatoms. The maximum Gasteiger partial charge on any atom is 0.220 e. The van der Waals surface area contributed by atoms with Crippen LogP contribution in [0.5, 0.6) is 5.75 Å². The summed E-state index contributed by atoms with van der Waals surface area (Å²) in [5, 5.41) is 9.87. The van der Waals surface area contributed by atoms with Crippen LogP contribution in [0.1, 0.15) is 36.5 Å². The topological polar surface area (TPSA) is 72.6 Å². The Bertz CT molecular complexity index is 417. The minimum absolute atomic E-state index is 0.215. The molecule has 1 amide bonds. The minimum Gasteiger partial charge on any atom is -0.493 e. The molecule has 92 valence electrons. The number of benzene rings is 1. The molecule has 0 spiro atoms. The van der Waals surface area contributed by atoms with E-state index in [0.29, 0.717) is 6.61 Å². The van der Waals surface area contributed by atoms with Gasteiger partial charge in [0.2, 0.25) is 5.91 Å². The Morgan fingerprint density at radius 3 is 3.12 bits per heavy atom. The number of primary amides is 1. The molecular weight excluding hydrogens is 218 g/mol. The lowest BCUT2D eigenvalue weighted by molar-refractivity contribution is -0.118. The van der Waals surface area contributed by atoms with Crippen LogP contribution in [0, 0.1) is 0 Å². The largest absolute Gasteiger partial charge is 0.493 e. The number of hydrogen-bond donors (Lipinski definition) is 2. The van der Waals surface area contributed by atoms with Gasteiger partial charge in [0.05, 0.1) is 19.1 Å². The molecule has 1 atom stereocenters. The van der Waals surface area contributed by atoms with Crippen molar-refractivity contribution in [2.75, 3.05) is 6.61 Å². The standard InChI is InChI=1S/C13H17NO3/c14-13(16)7-8-17-12-6-2-3-9-10(12)4-1-5-11(9)15/h2-3,6,11,15H,1,4-5,7-8H2,(H2,14,16). The van der Waals surface area contributed by atoms with Gasteiger partial charge in [0.1, 0.15) is 5.75 Å². The summed E-state index contributed by atoms with van der Waals surface area (Å²) in [6, 6.07) is 5.67. The fourth-order valence-electron chi connectivity index (χ4n) is 2.19. The molecule has 4 nitrogen and oxygen atoms in total. The van der Waals surface area contributed by atoms with Crippen LogP contribution in [0.4, 0.5) is 0 Å².